The molecule has 20 heavy (non-hydrogen) atoms. The summed E-state index contributed by atoms with van der Waals surface area (Å²) in [6, 6.07) is 7.12. The van der Waals surface area contributed by atoms with Gasteiger partial charge < -0.3 is 10.0 Å². The third kappa shape index (κ3) is 3.16. The van der Waals surface area contributed by atoms with Crippen LogP contribution in [-0.4, -0.2) is 47.0 Å². The highest BCUT2D eigenvalue weighted by Gasteiger charge is 2.33. The van der Waals surface area contributed by atoms with Gasteiger partial charge in [0.05, 0.1) is 13.2 Å². The zero-order valence-electron chi connectivity index (χ0n) is 11.3. The molecule has 0 bridgehead atoms. The van der Waals surface area contributed by atoms with Crippen molar-refractivity contribution >= 4 is 11.9 Å². The maximum absolute atomic E-state index is 11.7. The first kappa shape index (κ1) is 14.1. The fourth-order valence-electron chi connectivity index (χ4n) is 1.92. The fourth-order valence-corrected chi connectivity index (χ4v) is 1.92. The summed E-state index contributed by atoms with van der Waals surface area (Å²) in [5, 5.41) is 8.64. The summed E-state index contributed by atoms with van der Waals surface area (Å²) in [6.07, 6.45) is 0.449. The summed E-state index contributed by atoms with van der Waals surface area (Å²) in [7, 11) is 1.61. The van der Waals surface area contributed by atoms with Gasteiger partial charge in [0.2, 0.25) is 0 Å². The molecule has 1 aromatic carbocycles. The summed E-state index contributed by atoms with van der Waals surface area (Å²) in [6.45, 7) is 0.480. The zero-order valence-corrected chi connectivity index (χ0v) is 11.3. The highest BCUT2D eigenvalue weighted by Crippen LogP contribution is 2.13. The molecule has 0 aromatic heterocycles. The standard InChI is InChI=1S/C15H16N2O3/c1-16-11-14(19)17(15(16)20)10-13-7-5-12(6-8-13)4-2-3-9-18/h5-8,18H,3,9-11H2,1H3. The number of aliphatic hydroxyl groups is 1. The molecule has 5 heteroatoms. The Kier molecular flexibility index (Phi) is 4.38. The Balaban J connectivity index is 2.03. The first-order chi connectivity index (χ1) is 9.61. The van der Waals surface area contributed by atoms with Crippen LogP contribution in [0.15, 0.2) is 24.3 Å². The molecule has 0 spiro atoms. The van der Waals surface area contributed by atoms with E-state index in [1.165, 1.54) is 9.80 Å². The van der Waals surface area contributed by atoms with E-state index in [1.807, 2.05) is 24.3 Å². The number of urea groups is 1. The van der Waals surface area contributed by atoms with E-state index in [0.717, 1.165) is 11.1 Å². The summed E-state index contributed by atoms with van der Waals surface area (Å²) in [4.78, 5) is 26.0. The highest BCUT2D eigenvalue weighted by molar-refractivity contribution is 6.01. The molecule has 5 nitrogen and oxygen atoms in total. The lowest BCUT2D eigenvalue weighted by Gasteiger charge is -2.14. The van der Waals surface area contributed by atoms with Gasteiger partial charge in [0.15, 0.2) is 0 Å². The predicted molar refractivity (Wildman–Crippen MR) is 73.6 cm³/mol. The number of carbonyl (C=O) groups excluding carboxylic acids is 2. The lowest BCUT2D eigenvalue weighted by molar-refractivity contribution is -0.125. The zero-order chi connectivity index (χ0) is 14.5. The molecular formula is C15H16N2O3. The number of likely N-dealkylation sites (N-methyl/N-ethyl adjacent to an activating group) is 1. The lowest BCUT2D eigenvalue weighted by Crippen LogP contribution is -2.30. The van der Waals surface area contributed by atoms with Crippen molar-refractivity contribution in [3.05, 3.63) is 35.4 Å². The summed E-state index contributed by atoms with van der Waals surface area (Å²) in [5.41, 5.74) is 1.73. The van der Waals surface area contributed by atoms with Crippen molar-refractivity contribution in [3.8, 4) is 11.8 Å². The maximum atomic E-state index is 11.7. The van der Waals surface area contributed by atoms with Crippen molar-refractivity contribution in [2.45, 2.75) is 13.0 Å². The number of nitrogens with zero attached hydrogens (tertiary/aromatic N) is 2. The monoisotopic (exact) mass is 272 g/mol. The molecule has 1 aliphatic heterocycles. The lowest BCUT2D eigenvalue weighted by atomic mass is 10.1. The van der Waals surface area contributed by atoms with Crippen LogP contribution >= 0.6 is 0 Å². The third-order valence-corrected chi connectivity index (χ3v) is 3.00. The molecule has 1 aromatic rings. The van der Waals surface area contributed by atoms with Gasteiger partial charge in [0, 0.05) is 19.0 Å². The summed E-state index contributed by atoms with van der Waals surface area (Å²) < 4.78 is 0. The Bertz CT molecular complexity index is 569. The molecule has 1 saturated heterocycles. The van der Waals surface area contributed by atoms with E-state index < -0.39 is 0 Å². The van der Waals surface area contributed by atoms with Gasteiger partial charge >= 0.3 is 6.03 Å². The Morgan fingerprint density at radius 1 is 1.25 bits per heavy atom. The molecule has 1 heterocycles. The summed E-state index contributed by atoms with van der Waals surface area (Å²) >= 11 is 0. The van der Waals surface area contributed by atoms with Crippen molar-refractivity contribution in [3.63, 3.8) is 0 Å². The van der Waals surface area contributed by atoms with Gasteiger partial charge in [0.1, 0.15) is 6.54 Å². The molecule has 1 aliphatic rings. The molecule has 3 amide bonds. The van der Waals surface area contributed by atoms with E-state index in [2.05, 4.69) is 11.8 Å². The van der Waals surface area contributed by atoms with Gasteiger partial charge in [-0.2, -0.15) is 0 Å². The minimum atomic E-state index is -0.262. The van der Waals surface area contributed by atoms with E-state index in [0.29, 0.717) is 6.42 Å². The molecule has 0 atom stereocenters. The number of carbonyl (C=O) groups is 2. The van der Waals surface area contributed by atoms with Gasteiger partial charge in [-0.05, 0) is 17.7 Å². The Morgan fingerprint density at radius 2 is 1.95 bits per heavy atom. The second-order valence-corrected chi connectivity index (χ2v) is 4.59. The van der Waals surface area contributed by atoms with Gasteiger partial charge in [0.25, 0.3) is 5.91 Å². The van der Waals surface area contributed by atoms with Crippen LogP contribution in [0.25, 0.3) is 0 Å². The van der Waals surface area contributed by atoms with Crippen LogP contribution in [0.4, 0.5) is 4.79 Å². The average molecular weight is 272 g/mol. The Labute approximate surface area is 117 Å². The van der Waals surface area contributed by atoms with Crippen LogP contribution in [-0.2, 0) is 11.3 Å². The second kappa shape index (κ2) is 6.22. The topological polar surface area (TPSA) is 60.9 Å². The molecule has 1 N–H and O–H groups in total. The normalized spacial score (nSPS) is 14.5. The van der Waals surface area contributed by atoms with Crippen molar-refractivity contribution in [1.29, 1.82) is 0 Å². The minimum Gasteiger partial charge on any atom is -0.395 e. The minimum absolute atomic E-state index is 0.0534. The predicted octanol–water partition coefficient (Wildman–Crippen LogP) is 0.814. The Hall–Kier alpha value is -2.32. The largest absolute Gasteiger partial charge is 0.395 e. The number of imide groups is 1. The molecule has 0 aliphatic carbocycles. The Morgan fingerprint density at radius 3 is 2.50 bits per heavy atom. The van der Waals surface area contributed by atoms with Gasteiger partial charge in [-0.1, -0.05) is 24.0 Å². The smallest absolute Gasteiger partial charge is 0.327 e. The van der Waals surface area contributed by atoms with Crippen LogP contribution in [0.1, 0.15) is 17.5 Å². The number of benzene rings is 1. The van der Waals surface area contributed by atoms with Gasteiger partial charge in [-0.25, -0.2) is 4.79 Å². The number of hydrogen-bond acceptors (Lipinski definition) is 3. The van der Waals surface area contributed by atoms with Crippen molar-refractivity contribution < 1.29 is 14.7 Å². The second-order valence-electron chi connectivity index (χ2n) is 4.59. The van der Waals surface area contributed by atoms with E-state index in [9.17, 15) is 9.59 Å². The van der Waals surface area contributed by atoms with Crippen molar-refractivity contribution in [2.75, 3.05) is 20.2 Å². The highest BCUT2D eigenvalue weighted by atomic mass is 16.3. The number of amides is 3. The van der Waals surface area contributed by atoms with Crippen molar-refractivity contribution in [1.82, 2.24) is 9.80 Å². The number of hydrogen-bond donors (Lipinski definition) is 1. The van der Waals surface area contributed by atoms with E-state index >= 15 is 0 Å². The van der Waals surface area contributed by atoms with E-state index in [4.69, 9.17) is 5.11 Å². The van der Waals surface area contributed by atoms with Gasteiger partial charge in [-0.3, -0.25) is 9.69 Å². The maximum Gasteiger partial charge on any atom is 0.327 e. The molecule has 0 unspecified atom stereocenters. The summed E-state index contributed by atoms with van der Waals surface area (Å²) in [5.74, 6) is 5.59. The van der Waals surface area contributed by atoms with Crippen LogP contribution < -0.4 is 0 Å². The van der Waals surface area contributed by atoms with E-state index in [1.54, 1.807) is 7.05 Å². The molecular weight excluding hydrogens is 256 g/mol. The SMILES string of the molecule is CN1CC(=O)N(Cc2ccc(C#CCCO)cc2)C1=O. The molecule has 104 valence electrons. The van der Waals surface area contributed by atoms with E-state index in [-0.39, 0.29) is 31.6 Å². The molecule has 0 radical (unpaired) electrons. The van der Waals surface area contributed by atoms with Crippen LogP contribution in [0.3, 0.4) is 0 Å². The third-order valence-electron chi connectivity index (χ3n) is 3.00. The number of aliphatic hydroxyl groups excluding tert-OH is 1. The van der Waals surface area contributed by atoms with Crippen LogP contribution in [0.2, 0.25) is 0 Å². The molecule has 0 saturated carbocycles. The van der Waals surface area contributed by atoms with Crippen LogP contribution in [0.5, 0.6) is 0 Å². The number of rotatable bonds is 3. The molecule has 2 rings (SSSR count). The quantitative estimate of drug-likeness (QED) is 0.654. The molecule has 1 fully saturated rings. The van der Waals surface area contributed by atoms with Gasteiger partial charge in [-0.15, -0.1) is 0 Å². The fraction of sp³-hybridized carbons (Fsp3) is 0.333. The van der Waals surface area contributed by atoms with Crippen molar-refractivity contribution in [2.24, 2.45) is 0 Å². The first-order valence-electron chi connectivity index (χ1n) is 6.36. The van der Waals surface area contributed by atoms with Crippen LogP contribution in [0, 0.1) is 11.8 Å². The first-order valence-corrected chi connectivity index (χ1v) is 6.36. The average Bonchev–Trinajstić information content (AvgIpc) is 2.67.